The monoisotopic (exact) mass is 448 g/mol. The van der Waals surface area contributed by atoms with Gasteiger partial charge in [0.05, 0.1) is 15.7 Å². The number of sulfone groups is 1. The van der Waals surface area contributed by atoms with Gasteiger partial charge < -0.3 is 9.47 Å². The third-order valence-electron chi connectivity index (χ3n) is 4.50. The van der Waals surface area contributed by atoms with E-state index in [4.69, 9.17) is 21.1 Å². The summed E-state index contributed by atoms with van der Waals surface area (Å²) in [4.78, 5) is 27.9. The number of carbonyl (C=O) groups is 2. The molecule has 2 heterocycles. The normalized spacial score (nSPS) is 25.0. The molecule has 0 aromatic carbocycles. The molecule has 3 rings (SSSR count). The summed E-state index contributed by atoms with van der Waals surface area (Å²) in [7, 11) is -3.63. The first-order chi connectivity index (χ1) is 12.8. The molecule has 0 saturated heterocycles. The molecule has 1 spiro atoms. The van der Waals surface area contributed by atoms with Crippen LogP contribution in [0.5, 0.6) is 5.06 Å². The van der Waals surface area contributed by atoms with E-state index in [-0.39, 0.29) is 28.1 Å². The van der Waals surface area contributed by atoms with Gasteiger partial charge in [0.2, 0.25) is 0 Å². The Balaban J connectivity index is 2.03. The van der Waals surface area contributed by atoms with Gasteiger partial charge in [-0.25, -0.2) is 13.2 Å². The summed E-state index contributed by atoms with van der Waals surface area (Å²) in [6.07, 6.45) is 0.00865. The third-order valence-corrected chi connectivity index (χ3v) is 8.92. The zero-order valence-corrected chi connectivity index (χ0v) is 18.3. The highest BCUT2D eigenvalue weighted by Crippen LogP contribution is 2.52. The molecule has 1 aromatic heterocycles. The van der Waals surface area contributed by atoms with Crippen molar-refractivity contribution in [1.29, 1.82) is 0 Å². The van der Waals surface area contributed by atoms with Crippen LogP contribution in [0.15, 0.2) is 11.1 Å². The molecule has 1 atom stereocenters. The van der Waals surface area contributed by atoms with Crippen LogP contribution in [0.3, 0.4) is 0 Å². The standard InChI is InChI=1S/C17H21ClN2O6S2/c1-15(2,3)26-14(22)19-13-17(5-6-17)28(23,24)8-16(4,20-13)12-10(18)7-11(27-12)25-9-21/h7,9H,5-6,8H2,1-4H3,(H,19,20,22)/t16-/m0/s1. The molecule has 8 nitrogen and oxygen atoms in total. The van der Waals surface area contributed by atoms with Crippen molar-refractivity contribution in [1.82, 2.24) is 5.32 Å². The maximum absolute atomic E-state index is 13.1. The highest BCUT2D eigenvalue weighted by Gasteiger charge is 2.64. The number of carbonyl (C=O) groups excluding carboxylic acids is 2. The lowest BCUT2D eigenvalue weighted by Crippen LogP contribution is -2.53. The second-order valence-electron chi connectivity index (χ2n) is 8.07. The van der Waals surface area contributed by atoms with Gasteiger partial charge in [-0.3, -0.25) is 15.1 Å². The summed E-state index contributed by atoms with van der Waals surface area (Å²) in [5.41, 5.74) is -1.97. The fourth-order valence-electron chi connectivity index (χ4n) is 3.18. The molecule has 1 aliphatic carbocycles. The molecular weight excluding hydrogens is 428 g/mol. The second-order valence-corrected chi connectivity index (χ2v) is 11.8. The molecule has 28 heavy (non-hydrogen) atoms. The fourth-order valence-corrected chi connectivity index (χ4v) is 7.05. The van der Waals surface area contributed by atoms with Crippen LogP contribution in [0.4, 0.5) is 4.79 Å². The van der Waals surface area contributed by atoms with Gasteiger partial charge in [-0.1, -0.05) is 22.9 Å². The molecule has 0 unspecified atom stereocenters. The van der Waals surface area contributed by atoms with E-state index in [2.05, 4.69) is 10.3 Å². The molecule has 0 radical (unpaired) electrons. The van der Waals surface area contributed by atoms with Crippen molar-refractivity contribution in [2.24, 2.45) is 4.99 Å². The first-order valence-corrected chi connectivity index (χ1v) is 11.4. The number of rotatable bonds is 3. The molecule has 1 N–H and O–H groups in total. The minimum atomic E-state index is -3.63. The number of thiophene rings is 1. The summed E-state index contributed by atoms with van der Waals surface area (Å²) < 4.78 is 35.0. The maximum atomic E-state index is 13.1. The largest absolute Gasteiger partial charge is 0.444 e. The highest BCUT2D eigenvalue weighted by atomic mass is 35.5. The molecular formula is C17H21ClN2O6S2. The van der Waals surface area contributed by atoms with Crippen molar-refractivity contribution in [3.8, 4) is 5.06 Å². The van der Waals surface area contributed by atoms with Crippen molar-refractivity contribution in [3.63, 3.8) is 0 Å². The molecule has 1 aromatic rings. The van der Waals surface area contributed by atoms with Crippen LogP contribution in [0.25, 0.3) is 0 Å². The molecule has 1 amide bonds. The van der Waals surface area contributed by atoms with Gasteiger partial charge in [-0.2, -0.15) is 0 Å². The molecule has 1 saturated carbocycles. The van der Waals surface area contributed by atoms with Gasteiger partial charge in [-0.15, -0.1) is 0 Å². The van der Waals surface area contributed by atoms with E-state index in [0.717, 1.165) is 11.3 Å². The Labute approximate surface area is 172 Å². The number of nitrogens with one attached hydrogen (secondary N) is 1. The van der Waals surface area contributed by atoms with Crippen LogP contribution < -0.4 is 10.1 Å². The van der Waals surface area contributed by atoms with Crippen LogP contribution in [0.2, 0.25) is 5.02 Å². The van der Waals surface area contributed by atoms with Gasteiger partial charge in [0, 0.05) is 6.07 Å². The number of halogens is 1. The van der Waals surface area contributed by atoms with Gasteiger partial charge in [0.25, 0.3) is 6.47 Å². The SMILES string of the molecule is CC(C)(C)OC(=O)NC1=N[C@](C)(c2sc(OC=O)cc2Cl)CS(=O)(=O)C12CC2. The van der Waals surface area contributed by atoms with Crippen molar-refractivity contribution in [2.45, 2.75) is 56.4 Å². The van der Waals surface area contributed by atoms with E-state index in [1.54, 1.807) is 27.7 Å². The van der Waals surface area contributed by atoms with Crippen molar-refractivity contribution >= 4 is 51.2 Å². The molecule has 0 bridgehead atoms. The van der Waals surface area contributed by atoms with Crippen molar-refractivity contribution in [3.05, 3.63) is 16.0 Å². The first kappa shape index (κ1) is 21.1. The van der Waals surface area contributed by atoms with E-state index in [9.17, 15) is 18.0 Å². The predicted octanol–water partition coefficient (Wildman–Crippen LogP) is 3.04. The topological polar surface area (TPSA) is 111 Å². The van der Waals surface area contributed by atoms with Gasteiger partial charge in [0.15, 0.2) is 14.9 Å². The average molecular weight is 449 g/mol. The van der Waals surface area contributed by atoms with Crippen LogP contribution >= 0.6 is 22.9 Å². The number of nitrogens with zero attached hydrogens (tertiary/aromatic N) is 1. The second kappa shape index (κ2) is 6.70. The predicted molar refractivity (Wildman–Crippen MR) is 106 cm³/mol. The van der Waals surface area contributed by atoms with Crippen LogP contribution in [0, 0.1) is 0 Å². The number of ether oxygens (including phenoxy) is 2. The summed E-state index contributed by atoms with van der Waals surface area (Å²) in [5.74, 6) is -0.196. The Hall–Kier alpha value is -1.65. The summed E-state index contributed by atoms with van der Waals surface area (Å²) >= 11 is 7.30. The maximum Gasteiger partial charge on any atom is 0.413 e. The lowest BCUT2D eigenvalue weighted by molar-refractivity contribution is -0.120. The van der Waals surface area contributed by atoms with E-state index in [0.29, 0.717) is 17.7 Å². The number of hydrogen-bond donors (Lipinski definition) is 1. The number of amidine groups is 1. The van der Waals surface area contributed by atoms with E-state index < -0.39 is 31.8 Å². The first-order valence-electron chi connectivity index (χ1n) is 8.55. The van der Waals surface area contributed by atoms with Crippen molar-refractivity contribution < 1.29 is 27.5 Å². The molecule has 2 aliphatic rings. The fraction of sp³-hybridized carbons (Fsp3) is 0.588. The Morgan fingerprint density at radius 1 is 1.39 bits per heavy atom. The zero-order chi connectivity index (χ0) is 21.0. The summed E-state index contributed by atoms with van der Waals surface area (Å²) in [5, 5.41) is 3.02. The van der Waals surface area contributed by atoms with Gasteiger partial charge in [0.1, 0.15) is 21.7 Å². The average Bonchev–Trinajstić information content (AvgIpc) is 3.23. The minimum Gasteiger partial charge on any atom is -0.444 e. The molecule has 1 fully saturated rings. The highest BCUT2D eigenvalue weighted by molar-refractivity contribution is 7.94. The van der Waals surface area contributed by atoms with Crippen LogP contribution in [0.1, 0.15) is 45.4 Å². The van der Waals surface area contributed by atoms with Crippen LogP contribution in [-0.4, -0.2) is 42.9 Å². The van der Waals surface area contributed by atoms with E-state index in [1.165, 1.54) is 6.07 Å². The minimum absolute atomic E-state index is 0.0674. The third kappa shape index (κ3) is 3.77. The van der Waals surface area contributed by atoms with E-state index >= 15 is 0 Å². The number of alkyl carbamates (subject to hydrolysis) is 1. The van der Waals surface area contributed by atoms with Gasteiger partial charge >= 0.3 is 6.09 Å². The Kier molecular flexibility index (Phi) is 5.04. The van der Waals surface area contributed by atoms with Gasteiger partial charge in [-0.05, 0) is 40.5 Å². The van der Waals surface area contributed by atoms with Crippen molar-refractivity contribution in [2.75, 3.05) is 5.75 Å². The number of amides is 1. The quantitative estimate of drug-likeness (QED) is 0.711. The summed E-state index contributed by atoms with van der Waals surface area (Å²) in [6, 6.07) is 1.44. The lowest BCUT2D eigenvalue weighted by atomic mass is 10.0. The molecule has 154 valence electrons. The number of hydrogen-bond acceptors (Lipinski definition) is 8. The number of aliphatic imine (C=N–C) groups is 1. The summed E-state index contributed by atoms with van der Waals surface area (Å²) in [6.45, 7) is 7.03. The van der Waals surface area contributed by atoms with E-state index in [1.807, 2.05) is 0 Å². The molecule has 1 aliphatic heterocycles. The Morgan fingerprint density at radius 3 is 2.57 bits per heavy atom. The molecule has 11 heteroatoms. The zero-order valence-electron chi connectivity index (χ0n) is 15.9. The Bertz CT molecular complexity index is 959. The lowest BCUT2D eigenvalue weighted by Gasteiger charge is -2.35. The Morgan fingerprint density at radius 2 is 2.04 bits per heavy atom. The van der Waals surface area contributed by atoms with Crippen LogP contribution in [-0.2, 0) is 24.9 Å². The smallest absolute Gasteiger partial charge is 0.413 e.